The Hall–Kier alpha value is -0.740. The molecule has 0 aliphatic rings. The van der Waals surface area contributed by atoms with Crippen LogP contribution in [0.1, 0.15) is 6.42 Å². The van der Waals surface area contributed by atoms with Crippen molar-refractivity contribution in [3.05, 3.63) is 0 Å². The van der Waals surface area contributed by atoms with Gasteiger partial charge >= 0.3 is 0 Å². The molecule has 0 bridgehead atoms. The SMILES string of the molecule is COCCCOCCSc1nnnn1CC(OC)OC. The standard InChI is InChI=1S/C11H22N4O4S/c1-16-5-4-6-19-7-8-20-11-12-13-14-15(11)9-10(17-2)18-3/h10H,4-9H2,1-3H3. The van der Waals surface area contributed by atoms with Crippen LogP contribution in [0.3, 0.4) is 0 Å². The third kappa shape index (κ3) is 6.62. The Bertz CT molecular complexity index is 349. The third-order valence-electron chi connectivity index (χ3n) is 2.44. The van der Waals surface area contributed by atoms with Crippen LogP contribution in [0.25, 0.3) is 0 Å². The van der Waals surface area contributed by atoms with Crippen LogP contribution in [0.2, 0.25) is 0 Å². The summed E-state index contributed by atoms with van der Waals surface area (Å²) in [5.74, 6) is 0.790. The summed E-state index contributed by atoms with van der Waals surface area (Å²) in [6.45, 7) is 2.53. The predicted octanol–water partition coefficient (Wildman–Crippen LogP) is 0.437. The van der Waals surface area contributed by atoms with E-state index in [0.29, 0.717) is 19.8 Å². The van der Waals surface area contributed by atoms with E-state index in [1.807, 2.05) is 0 Å². The monoisotopic (exact) mass is 306 g/mol. The van der Waals surface area contributed by atoms with Gasteiger partial charge in [0.05, 0.1) is 13.2 Å². The van der Waals surface area contributed by atoms with E-state index in [2.05, 4.69) is 15.5 Å². The van der Waals surface area contributed by atoms with E-state index in [9.17, 15) is 0 Å². The van der Waals surface area contributed by atoms with Gasteiger partial charge in [-0.05, 0) is 16.8 Å². The van der Waals surface area contributed by atoms with Crippen LogP contribution in [-0.4, -0.2) is 73.4 Å². The van der Waals surface area contributed by atoms with E-state index in [-0.39, 0.29) is 6.29 Å². The van der Waals surface area contributed by atoms with E-state index in [1.54, 1.807) is 26.0 Å². The molecule has 1 heterocycles. The lowest BCUT2D eigenvalue weighted by atomic mass is 10.5. The van der Waals surface area contributed by atoms with Gasteiger partial charge in [-0.15, -0.1) is 5.10 Å². The fourth-order valence-electron chi connectivity index (χ4n) is 1.40. The topological polar surface area (TPSA) is 80.5 Å². The minimum absolute atomic E-state index is 0.358. The highest BCUT2D eigenvalue weighted by Crippen LogP contribution is 2.14. The molecular formula is C11H22N4O4S. The molecule has 0 N–H and O–H groups in total. The van der Waals surface area contributed by atoms with Crippen molar-refractivity contribution in [2.45, 2.75) is 24.4 Å². The molecule has 0 fully saturated rings. The molecule has 8 nitrogen and oxygen atoms in total. The lowest BCUT2D eigenvalue weighted by Crippen LogP contribution is -2.22. The number of hydrogen-bond acceptors (Lipinski definition) is 8. The van der Waals surface area contributed by atoms with Crippen LogP contribution in [-0.2, 0) is 25.5 Å². The number of aromatic nitrogens is 4. The quantitative estimate of drug-likeness (QED) is 0.312. The minimum atomic E-state index is -0.358. The van der Waals surface area contributed by atoms with Crippen molar-refractivity contribution in [1.29, 1.82) is 0 Å². The fraction of sp³-hybridized carbons (Fsp3) is 0.909. The van der Waals surface area contributed by atoms with Crippen molar-refractivity contribution in [3.63, 3.8) is 0 Å². The van der Waals surface area contributed by atoms with Crippen molar-refractivity contribution in [2.75, 3.05) is 46.9 Å². The Morgan fingerprint density at radius 2 is 1.95 bits per heavy atom. The van der Waals surface area contributed by atoms with Crippen LogP contribution in [0.5, 0.6) is 0 Å². The number of tetrazole rings is 1. The van der Waals surface area contributed by atoms with Gasteiger partial charge in [0.15, 0.2) is 6.29 Å². The predicted molar refractivity (Wildman–Crippen MR) is 73.7 cm³/mol. The summed E-state index contributed by atoms with van der Waals surface area (Å²) >= 11 is 1.54. The van der Waals surface area contributed by atoms with Gasteiger partial charge in [-0.1, -0.05) is 11.8 Å². The van der Waals surface area contributed by atoms with Gasteiger partial charge in [-0.2, -0.15) is 0 Å². The summed E-state index contributed by atoms with van der Waals surface area (Å²) in [6, 6.07) is 0. The van der Waals surface area contributed by atoms with Crippen LogP contribution in [0.15, 0.2) is 5.16 Å². The van der Waals surface area contributed by atoms with Crippen LogP contribution >= 0.6 is 11.8 Å². The molecule has 1 rings (SSSR count). The zero-order chi connectivity index (χ0) is 14.6. The number of rotatable bonds is 12. The molecule has 0 aliphatic carbocycles. The molecule has 116 valence electrons. The van der Waals surface area contributed by atoms with Gasteiger partial charge in [0.2, 0.25) is 5.16 Å². The second-order valence-electron chi connectivity index (χ2n) is 3.85. The molecule has 9 heteroatoms. The molecule has 0 aliphatic heterocycles. The van der Waals surface area contributed by atoms with Crippen molar-refractivity contribution < 1.29 is 18.9 Å². The molecule has 0 unspecified atom stereocenters. The van der Waals surface area contributed by atoms with Gasteiger partial charge in [0, 0.05) is 40.3 Å². The van der Waals surface area contributed by atoms with E-state index >= 15 is 0 Å². The average Bonchev–Trinajstić information content (AvgIpc) is 2.91. The summed E-state index contributed by atoms with van der Waals surface area (Å²) in [4.78, 5) is 0. The summed E-state index contributed by atoms with van der Waals surface area (Å²) in [5, 5.41) is 12.3. The highest BCUT2D eigenvalue weighted by molar-refractivity contribution is 7.99. The second kappa shape index (κ2) is 11.0. The van der Waals surface area contributed by atoms with Gasteiger partial charge < -0.3 is 18.9 Å². The molecule has 0 radical (unpaired) electrons. The summed E-state index contributed by atoms with van der Waals surface area (Å²) in [7, 11) is 4.85. The lowest BCUT2D eigenvalue weighted by Gasteiger charge is -2.13. The molecule has 1 aromatic rings. The molecular weight excluding hydrogens is 284 g/mol. The number of nitrogens with zero attached hydrogens (tertiary/aromatic N) is 4. The minimum Gasteiger partial charge on any atom is -0.385 e. The van der Waals surface area contributed by atoms with E-state index in [4.69, 9.17) is 18.9 Å². The third-order valence-corrected chi connectivity index (χ3v) is 3.36. The summed E-state index contributed by atoms with van der Waals surface area (Å²) < 4.78 is 22.3. The van der Waals surface area contributed by atoms with Crippen LogP contribution in [0, 0.1) is 0 Å². The second-order valence-corrected chi connectivity index (χ2v) is 4.91. The Labute approximate surface area is 123 Å². The first-order valence-corrected chi connectivity index (χ1v) is 7.31. The largest absolute Gasteiger partial charge is 0.385 e. The number of methoxy groups -OCH3 is 3. The summed E-state index contributed by atoms with van der Waals surface area (Å²) in [6.07, 6.45) is 0.547. The maximum atomic E-state index is 5.47. The molecule has 0 spiro atoms. The first kappa shape index (κ1) is 17.3. The molecule has 0 saturated heterocycles. The van der Waals surface area contributed by atoms with Crippen LogP contribution in [0.4, 0.5) is 0 Å². The van der Waals surface area contributed by atoms with Gasteiger partial charge in [0.25, 0.3) is 0 Å². The molecule has 0 aromatic carbocycles. The number of ether oxygens (including phenoxy) is 4. The van der Waals surface area contributed by atoms with Crippen molar-refractivity contribution in [2.24, 2.45) is 0 Å². The Balaban J connectivity index is 2.22. The van der Waals surface area contributed by atoms with Crippen molar-refractivity contribution in [3.8, 4) is 0 Å². The van der Waals surface area contributed by atoms with Gasteiger partial charge in [0.1, 0.15) is 0 Å². The van der Waals surface area contributed by atoms with Gasteiger partial charge in [-0.25, -0.2) is 4.68 Å². The molecule has 0 saturated carbocycles. The number of hydrogen-bond donors (Lipinski definition) is 0. The summed E-state index contributed by atoms with van der Waals surface area (Å²) in [5.41, 5.74) is 0. The average molecular weight is 306 g/mol. The van der Waals surface area contributed by atoms with E-state index in [1.165, 1.54) is 11.8 Å². The molecule has 0 amide bonds. The molecule has 20 heavy (non-hydrogen) atoms. The van der Waals surface area contributed by atoms with Crippen molar-refractivity contribution in [1.82, 2.24) is 20.2 Å². The highest BCUT2D eigenvalue weighted by Gasteiger charge is 2.12. The molecule has 0 atom stereocenters. The first-order valence-electron chi connectivity index (χ1n) is 6.33. The maximum absolute atomic E-state index is 5.47. The van der Waals surface area contributed by atoms with E-state index in [0.717, 1.165) is 23.9 Å². The lowest BCUT2D eigenvalue weighted by molar-refractivity contribution is -0.113. The van der Waals surface area contributed by atoms with Crippen LogP contribution < -0.4 is 0 Å². The van der Waals surface area contributed by atoms with E-state index < -0.39 is 0 Å². The Morgan fingerprint density at radius 3 is 2.65 bits per heavy atom. The Kier molecular flexibility index (Phi) is 9.50. The maximum Gasteiger partial charge on any atom is 0.209 e. The zero-order valence-corrected chi connectivity index (χ0v) is 13.0. The van der Waals surface area contributed by atoms with Gasteiger partial charge in [-0.3, -0.25) is 0 Å². The highest BCUT2D eigenvalue weighted by atomic mass is 32.2. The Morgan fingerprint density at radius 1 is 1.15 bits per heavy atom. The van der Waals surface area contributed by atoms with Crippen molar-refractivity contribution >= 4 is 11.8 Å². The first-order chi connectivity index (χ1) is 9.81. The smallest absolute Gasteiger partial charge is 0.209 e. The number of thioether (sulfide) groups is 1. The zero-order valence-electron chi connectivity index (χ0n) is 12.2. The molecule has 1 aromatic heterocycles. The normalized spacial score (nSPS) is 11.4. The fourth-order valence-corrected chi connectivity index (χ4v) is 2.14.